The van der Waals surface area contributed by atoms with Gasteiger partial charge in [-0.1, -0.05) is 30.3 Å². The van der Waals surface area contributed by atoms with E-state index >= 15 is 0 Å². The summed E-state index contributed by atoms with van der Waals surface area (Å²) >= 11 is 0. The molecule has 2 aromatic heterocycles. The predicted octanol–water partition coefficient (Wildman–Crippen LogP) is 4.20. The first kappa shape index (κ1) is 27.5. The SMILES string of the molecule is COc1cc2nc(C(C)(c3ccc[nH]3)C3(c4ccccc4)CCN(C(=O)CCCO)CC3)nc(N)c2cc1OC. The average Bonchev–Trinajstić information content (AvgIpc) is 3.55. The zero-order valence-corrected chi connectivity index (χ0v) is 23.3. The van der Waals surface area contributed by atoms with E-state index in [9.17, 15) is 9.90 Å². The second kappa shape index (κ2) is 11.2. The summed E-state index contributed by atoms with van der Waals surface area (Å²) in [5.41, 5.74) is 8.22. The number of hydrogen-bond acceptors (Lipinski definition) is 7. The molecule has 210 valence electrons. The lowest BCUT2D eigenvalue weighted by Crippen LogP contribution is -2.56. The molecule has 40 heavy (non-hydrogen) atoms. The summed E-state index contributed by atoms with van der Waals surface area (Å²) in [6.07, 6.45) is 4.13. The first-order chi connectivity index (χ1) is 19.4. The van der Waals surface area contributed by atoms with E-state index < -0.39 is 10.8 Å². The Kier molecular flexibility index (Phi) is 7.67. The van der Waals surface area contributed by atoms with Crippen molar-refractivity contribution in [1.82, 2.24) is 19.9 Å². The van der Waals surface area contributed by atoms with Crippen molar-refractivity contribution in [3.8, 4) is 11.5 Å². The maximum Gasteiger partial charge on any atom is 0.222 e. The number of H-pyrrole nitrogens is 1. The van der Waals surface area contributed by atoms with Crippen LogP contribution in [0.4, 0.5) is 5.82 Å². The fourth-order valence-corrected chi connectivity index (χ4v) is 6.30. The number of nitrogen functional groups attached to an aromatic ring is 1. The monoisotopic (exact) mass is 543 g/mol. The zero-order chi connectivity index (χ0) is 28.3. The molecule has 1 atom stereocenters. The third-order valence-corrected chi connectivity index (χ3v) is 8.62. The molecule has 1 unspecified atom stereocenters. The standard InChI is InChI=1S/C31H37N5O4/c1-30(26-11-7-15-33-26,29-34-23-20-25(40-3)24(39-2)19-22(23)28(32)35-29)31(21-9-5-4-6-10-21)13-16-36(17-14-31)27(38)12-8-18-37/h4-7,9-11,15,19-20,33,37H,8,12-14,16-18H2,1-3H3,(H2,32,34,35). The fourth-order valence-electron chi connectivity index (χ4n) is 6.30. The van der Waals surface area contributed by atoms with Crippen LogP contribution >= 0.6 is 0 Å². The highest BCUT2D eigenvalue weighted by Gasteiger charge is 2.55. The molecular formula is C31H37N5O4. The van der Waals surface area contributed by atoms with Crippen LogP contribution in [0, 0.1) is 0 Å². The summed E-state index contributed by atoms with van der Waals surface area (Å²) in [7, 11) is 3.18. The van der Waals surface area contributed by atoms with Crippen LogP contribution in [0.15, 0.2) is 60.8 Å². The van der Waals surface area contributed by atoms with E-state index in [2.05, 4.69) is 42.2 Å². The minimum atomic E-state index is -0.729. The Morgan fingerprint density at radius 3 is 2.40 bits per heavy atom. The lowest BCUT2D eigenvalue weighted by Gasteiger charge is -2.52. The van der Waals surface area contributed by atoms with Gasteiger partial charge in [0.05, 0.1) is 25.2 Å². The first-order valence-corrected chi connectivity index (χ1v) is 13.7. The largest absolute Gasteiger partial charge is 0.493 e. The molecule has 9 nitrogen and oxygen atoms in total. The Balaban J connectivity index is 1.70. The van der Waals surface area contributed by atoms with E-state index in [-0.39, 0.29) is 12.5 Å². The van der Waals surface area contributed by atoms with Gasteiger partial charge in [-0.25, -0.2) is 9.97 Å². The smallest absolute Gasteiger partial charge is 0.222 e. The van der Waals surface area contributed by atoms with Crippen molar-refractivity contribution in [2.24, 2.45) is 0 Å². The van der Waals surface area contributed by atoms with Gasteiger partial charge >= 0.3 is 0 Å². The summed E-state index contributed by atoms with van der Waals surface area (Å²) in [6.45, 7) is 3.36. The molecular weight excluding hydrogens is 506 g/mol. The van der Waals surface area contributed by atoms with E-state index in [1.165, 1.54) is 0 Å². The van der Waals surface area contributed by atoms with Crippen LogP contribution in [-0.4, -0.2) is 64.8 Å². The maximum atomic E-state index is 12.9. The fraction of sp³-hybridized carbons (Fsp3) is 0.387. The van der Waals surface area contributed by atoms with Gasteiger partial charge in [0, 0.05) is 54.9 Å². The van der Waals surface area contributed by atoms with Gasteiger partial charge in [-0.05, 0) is 49.9 Å². The number of aromatic nitrogens is 3. The van der Waals surface area contributed by atoms with E-state index in [1.54, 1.807) is 14.2 Å². The van der Waals surface area contributed by atoms with Gasteiger partial charge in [-0.2, -0.15) is 0 Å². The van der Waals surface area contributed by atoms with Crippen LogP contribution in [0.2, 0.25) is 0 Å². The van der Waals surface area contributed by atoms with Gasteiger partial charge in [0.2, 0.25) is 5.91 Å². The molecule has 1 aliphatic heterocycles. The Hall–Kier alpha value is -4.11. The summed E-state index contributed by atoms with van der Waals surface area (Å²) in [5, 5.41) is 9.92. The summed E-state index contributed by atoms with van der Waals surface area (Å²) in [4.78, 5) is 28.4. The number of carbonyl (C=O) groups excluding carboxylic acids is 1. The molecule has 0 aliphatic carbocycles. The summed E-state index contributed by atoms with van der Waals surface area (Å²) in [6, 6.07) is 18.1. The Bertz CT molecular complexity index is 1470. The molecule has 0 saturated carbocycles. The lowest BCUT2D eigenvalue weighted by molar-refractivity contribution is -0.133. The molecule has 1 fully saturated rings. The molecule has 4 N–H and O–H groups in total. The molecule has 1 saturated heterocycles. The molecule has 1 aliphatic rings. The minimum absolute atomic E-state index is 0.00973. The average molecular weight is 544 g/mol. The van der Waals surface area contributed by atoms with Crippen molar-refractivity contribution in [2.75, 3.05) is 39.6 Å². The van der Waals surface area contributed by atoms with Crippen LogP contribution in [0.25, 0.3) is 10.9 Å². The van der Waals surface area contributed by atoms with Crippen molar-refractivity contribution in [1.29, 1.82) is 0 Å². The zero-order valence-electron chi connectivity index (χ0n) is 23.3. The molecule has 0 bridgehead atoms. The number of benzene rings is 2. The topological polar surface area (TPSA) is 127 Å². The third kappa shape index (κ3) is 4.54. The second-order valence-electron chi connectivity index (χ2n) is 10.5. The van der Waals surface area contributed by atoms with Crippen molar-refractivity contribution < 1.29 is 19.4 Å². The van der Waals surface area contributed by atoms with Crippen molar-refractivity contribution in [3.63, 3.8) is 0 Å². The van der Waals surface area contributed by atoms with Crippen molar-refractivity contribution >= 4 is 22.6 Å². The second-order valence-corrected chi connectivity index (χ2v) is 10.5. The van der Waals surface area contributed by atoms with Gasteiger partial charge in [-0.15, -0.1) is 0 Å². The molecule has 5 rings (SSSR count). The van der Waals surface area contributed by atoms with Crippen molar-refractivity contribution in [2.45, 2.75) is 43.4 Å². The number of methoxy groups -OCH3 is 2. The molecule has 4 aromatic rings. The van der Waals surface area contributed by atoms with Crippen LogP contribution < -0.4 is 15.2 Å². The number of anilines is 1. The number of hydrogen-bond donors (Lipinski definition) is 3. The number of rotatable bonds is 9. The Morgan fingerprint density at radius 2 is 1.77 bits per heavy atom. The van der Waals surface area contributed by atoms with Crippen molar-refractivity contribution in [3.05, 3.63) is 77.9 Å². The minimum Gasteiger partial charge on any atom is -0.493 e. The molecule has 0 spiro atoms. The number of carbonyl (C=O) groups is 1. The number of nitrogens with one attached hydrogen (secondary N) is 1. The van der Waals surface area contributed by atoms with Crippen LogP contribution in [0.3, 0.4) is 0 Å². The number of fused-ring (bicyclic) bond motifs is 1. The van der Waals surface area contributed by atoms with Gasteiger partial charge in [0.1, 0.15) is 11.6 Å². The molecule has 1 amide bonds. The lowest BCUT2D eigenvalue weighted by atomic mass is 9.54. The predicted molar refractivity (Wildman–Crippen MR) is 155 cm³/mol. The van der Waals surface area contributed by atoms with Gasteiger partial charge < -0.3 is 30.2 Å². The normalized spacial score (nSPS) is 16.4. The van der Waals surface area contributed by atoms with Gasteiger partial charge in [0.25, 0.3) is 0 Å². The number of ether oxygens (including phenoxy) is 2. The first-order valence-electron chi connectivity index (χ1n) is 13.7. The summed E-state index contributed by atoms with van der Waals surface area (Å²) in [5.74, 6) is 2.15. The maximum absolute atomic E-state index is 12.9. The van der Waals surface area contributed by atoms with E-state index in [1.807, 2.05) is 35.4 Å². The van der Waals surface area contributed by atoms with Gasteiger partial charge in [-0.3, -0.25) is 4.79 Å². The van der Waals surface area contributed by atoms with E-state index in [0.717, 1.165) is 11.3 Å². The molecule has 3 heterocycles. The van der Waals surface area contributed by atoms with Crippen LogP contribution in [0.1, 0.15) is 49.7 Å². The van der Waals surface area contributed by atoms with Crippen LogP contribution in [-0.2, 0) is 15.6 Å². The number of nitrogens with two attached hydrogens (primary N) is 1. The highest BCUT2D eigenvalue weighted by atomic mass is 16.5. The van der Waals surface area contributed by atoms with E-state index in [0.29, 0.717) is 72.8 Å². The Labute approximate surface area is 234 Å². The number of likely N-dealkylation sites (tertiary alicyclic amines) is 1. The number of amides is 1. The highest BCUT2D eigenvalue weighted by Crippen LogP contribution is 2.53. The van der Waals surface area contributed by atoms with E-state index in [4.69, 9.17) is 25.2 Å². The van der Waals surface area contributed by atoms with Crippen LogP contribution in [0.5, 0.6) is 11.5 Å². The number of aromatic amines is 1. The third-order valence-electron chi connectivity index (χ3n) is 8.62. The number of aliphatic hydroxyl groups excluding tert-OH is 1. The Morgan fingerprint density at radius 1 is 1.07 bits per heavy atom. The van der Waals surface area contributed by atoms with Gasteiger partial charge in [0.15, 0.2) is 11.5 Å². The summed E-state index contributed by atoms with van der Waals surface area (Å²) < 4.78 is 11.1. The number of nitrogens with zero attached hydrogens (tertiary/aromatic N) is 3. The molecule has 2 aromatic carbocycles. The number of aliphatic hydroxyl groups is 1. The highest BCUT2D eigenvalue weighted by molar-refractivity contribution is 5.91. The number of piperidine rings is 1. The molecule has 9 heteroatoms. The quantitative estimate of drug-likeness (QED) is 0.289. The molecule has 0 radical (unpaired) electrons.